The van der Waals surface area contributed by atoms with E-state index in [-0.39, 0.29) is 18.6 Å². The third-order valence-corrected chi connectivity index (χ3v) is 3.28. The molecule has 1 unspecified atom stereocenters. The first-order chi connectivity index (χ1) is 10.6. The summed E-state index contributed by atoms with van der Waals surface area (Å²) in [6.45, 7) is 2.14. The molecule has 0 aliphatic carbocycles. The van der Waals surface area contributed by atoms with Gasteiger partial charge in [0.25, 0.3) is 0 Å². The first-order valence-electron chi connectivity index (χ1n) is 6.89. The monoisotopic (exact) mass is 305 g/mol. The normalized spacial score (nSPS) is 12.1. The molecule has 0 bridgehead atoms. The summed E-state index contributed by atoms with van der Waals surface area (Å²) in [7, 11) is 3.11. The SMILES string of the molecule is COCC(C)OC(=O)Cn1cc(C=O)c2cc(OC)ccc21. The summed E-state index contributed by atoms with van der Waals surface area (Å²) in [5, 5.41) is 0.743. The van der Waals surface area contributed by atoms with Crippen LogP contribution in [-0.4, -0.2) is 43.8 Å². The molecule has 0 fully saturated rings. The quantitative estimate of drug-likeness (QED) is 0.578. The lowest BCUT2D eigenvalue weighted by atomic mass is 10.2. The summed E-state index contributed by atoms with van der Waals surface area (Å²) in [4.78, 5) is 23.1. The number of rotatable bonds is 7. The van der Waals surface area contributed by atoms with Crippen LogP contribution in [0.1, 0.15) is 17.3 Å². The van der Waals surface area contributed by atoms with Gasteiger partial charge in [-0.05, 0) is 25.1 Å². The van der Waals surface area contributed by atoms with E-state index >= 15 is 0 Å². The van der Waals surface area contributed by atoms with Crippen LogP contribution >= 0.6 is 0 Å². The Balaban J connectivity index is 2.24. The zero-order valence-corrected chi connectivity index (χ0v) is 12.9. The number of carbonyl (C=O) groups excluding carboxylic acids is 2. The third-order valence-electron chi connectivity index (χ3n) is 3.28. The molecule has 0 spiro atoms. The maximum atomic E-state index is 12.0. The van der Waals surface area contributed by atoms with Gasteiger partial charge < -0.3 is 18.8 Å². The number of aldehydes is 1. The Morgan fingerprint density at radius 1 is 1.36 bits per heavy atom. The second kappa shape index (κ2) is 7.09. The number of aromatic nitrogens is 1. The van der Waals surface area contributed by atoms with Crippen molar-refractivity contribution in [2.75, 3.05) is 20.8 Å². The van der Waals surface area contributed by atoms with Crippen molar-refractivity contribution in [1.82, 2.24) is 4.57 Å². The summed E-state index contributed by atoms with van der Waals surface area (Å²) >= 11 is 0. The Hall–Kier alpha value is -2.34. The topological polar surface area (TPSA) is 66.8 Å². The Morgan fingerprint density at radius 2 is 2.14 bits per heavy atom. The minimum absolute atomic E-state index is 0.0325. The van der Waals surface area contributed by atoms with Crippen molar-refractivity contribution in [1.29, 1.82) is 0 Å². The molecule has 0 saturated carbocycles. The summed E-state index contributed by atoms with van der Waals surface area (Å²) in [6, 6.07) is 5.37. The smallest absolute Gasteiger partial charge is 0.326 e. The van der Waals surface area contributed by atoms with E-state index < -0.39 is 0 Å². The highest BCUT2D eigenvalue weighted by atomic mass is 16.6. The number of benzene rings is 1. The van der Waals surface area contributed by atoms with Crippen molar-refractivity contribution in [2.24, 2.45) is 0 Å². The number of carbonyl (C=O) groups is 2. The van der Waals surface area contributed by atoms with Crippen LogP contribution in [0.5, 0.6) is 5.75 Å². The molecule has 0 amide bonds. The Labute approximate surface area is 128 Å². The molecule has 1 heterocycles. The second-order valence-corrected chi connectivity index (χ2v) is 4.97. The number of methoxy groups -OCH3 is 2. The van der Waals surface area contributed by atoms with E-state index in [0.717, 1.165) is 17.2 Å². The van der Waals surface area contributed by atoms with E-state index in [2.05, 4.69) is 0 Å². The van der Waals surface area contributed by atoms with Gasteiger partial charge >= 0.3 is 5.97 Å². The Bertz CT molecular complexity index is 676. The van der Waals surface area contributed by atoms with Crippen LogP contribution in [0, 0.1) is 0 Å². The highest BCUT2D eigenvalue weighted by Crippen LogP contribution is 2.25. The molecular weight excluding hydrogens is 286 g/mol. The fourth-order valence-corrected chi connectivity index (χ4v) is 2.32. The Kier molecular flexibility index (Phi) is 5.16. The second-order valence-electron chi connectivity index (χ2n) is 4.97. The molecule has 22 heavy (non-hydrogen) atoms. The highest BCUT2D eigenvalue weighted by molar-refractivity contribution is 5.98. The van der Waals surface area contributed by atoms with Crippen molar-refractivity contribution in [3.63, 3.8) is 0 Å². The van der Waals surface area contributed by atoms with Gasteiger partial charge in [0.15, 0.2) is 6.29 Å². The average Bonchev–Trinajstić information content (AvgIpc) is 2.84. The molecule has 1 aromatic carbocycles. The van der Waals surface area contributed by atoms with Crippen molar-refractivity contribution in [3.8, 4) is 5.75 Å². The molecule has 0 N–H and O–H groups in total. The van der Waals surface area contributed by atoms with E-state index in [9.17, 15) is 9.59 Å². The van der Waals surface area contributed by atoms with Crippen LogP contribution in [0.2, 0.25) is 0 Å². The van der Waals surface area contributed by atoms with Crippen LogP contribution in [0.4, 0.5) is 0 Å². The van der Waals surface area contributed by atoms with Gasteiger partial charge in [-0.25, -0.2) is 0 Å². The van der Waals surface area contributed by atoms with Gasteiger partial charge in [-0.2, -0.15) is 0 Å². The molecule has 0 aliphatic rings. The van der Waals surface area contributed by atoms with E-state index in [1.54, 1.807) is 44.0 Å². The first-order valence-corrected chi connectivity index (χ1v) is 6.89. The van der Waals surface area contributed by atoms with Crippen molar-refractivity contribution in [2.45, 2.75) is 19.6 Å². The maximum absolute atomic E-state index is 12.0. The van der Waals surface area contributed by atoms with E-state index in [0.29, 0.717) is 17.9 Å². The lowest BCUT2D eigenvalue weighted by Crippen LogP contribution is -2.22. The summed E-state index contributed by atoms with van der Waals surface area (Å²) in [5.41, 5.74) is 1.28. The minimum atomic E-state index is -0.380. The standard InChI is InChI=1S/C16H19NO5/c1-11(10-20-2)22-16(19)8-17-7-12(9-18)14-6-13(21-3)4-5-15(14)17/h4-7,9,11H,8,10H2,1-3H3. The van der Waals surface area contributed by atoms with Gasteiger partial charge in [0, 0.05) is 29.8 Å². The van der Waals surface area contributed by atoms with Crippen molar-refractivity contribution < 1.29 is 23.8 Å². The fraction of sp³-hybridized carbons (Fsp3) is 0.375. The number of nitrogens with zero attached hydrogens (tertiary/aromatic N) is 1. The predicted octanol–water partition coefficient (Wildman–Crippen LogP) is 2.04. The summed E-state index contributed by atoms with van der Waals surface area (Å²) in [5.74, 6) is 0.277. The molecule has 2 aromatic rings. The van der Waals surface area contributed by atoms with Gasteiger partial charge in [0.05, 0.1) is 13.7 Å². The molecule has 118 valence electrons. The molecule has 2 rings (SSSR count). The summed E-state index contributed by atoms with van der Waals surface area (Å²) in [6.07, 6.45) is 2.08. The van der Waals surface area contributed by atoms with Crippen LogP contribution in [0.15, 0.2) is 24.4 Å². The first kappa shape index (κ1) is 16.0. The number of hydrogen-bond donors (Lipinski definition) is 0. The molecular formula is C16H19NO5. The van der Waals surface area contributed by atoms with E-state index in [1.807, 2.05) is 6.07 Å². The van der Waals surface area contributed by atoms with Crippen LogP contribution in [0.25, 0.3) is 10.9 Å². The zero-order valence-electron chi connectivity index (χ0n) is 12.9. The summed E-state index contributed by atoms with van der Waals surface area (Å²) < 4.78 is 17.0. The number of ether oxygens (including phenoxy) is 3. The minimum Gasteiger partial charge on any atom is -0.497 e. The third kappa shape index (κ3) is 3.46. The number of fused-ring (bicyclic) bond motifs is 1. The lowest BCUT2D eigenvalue weighted by Gasteiger charge is -2.12. The van der Waals surface area contributed by atoms with Crippen LogP contribution in [0.3, 0.4) is 0 Å². The Morgan fingerprint density at radius 3 is 2.77 bits per heavy atom. The molecule has 6 heteroatoms. The molecule has 0 saturated heterocycles. The number of hydrogen-bond acceptors (Lipinski definition) is 5. The largest absolute Gasteiger partial charge is 0.497 e. The molecule has 6 nitrogen and oxygen atoms in total. The van der Waals surface area contributed by atoms with E-state index in [1.165, 1.54) is 0 Å². The zero-order chi connectivity index (χ0) is 16.1. The van der Waals surface area contributed by atoms with Gasteiger partial charge in [0.2, 0.25) is 0 Å². The predicted molar refractivity (Wildman–Crippen MR) is 81.3 cm³/mol. The maximum Gasteiger partial charge on any atom is 0.326 e. The molecule has 0 aliphatic heterocycles. The highest BCUT2D eigenvalue weighted by Gasteiger charge is 2.14. The van der Waals surface area contributed by atoms with Gasteiger partial charge in [-0.3, -0.25) is 9.59 Å². The molecule has 0 radical (unpaired) electrons. The average molecular weight is 305 g/mol. The molecule has 1 aromatic heterocycles. The fourth-order valence-electron chi connectivity index (χ4n) is 2.32. The molecule has 1 atom stereocenters. The van der Waals surface area contributed by atoms with E-state index in [4.69, 9.17) is 14.2 Å². The number of esters is 1. The lowest BCUT2D eigenvalue weighted by molar-refractivity contribution is -0.151. The van der Waals surface area contributed by atoms with Gasteiger partial charge in [-0.1, -0.05) is 0 Å². The van der Waals surface area contributed by atoms with Crippen LogP contribution < -0.4 is 4.74 Å². The van der Waals surface area contributed by atoms with Crippen molar-refractivity contribution >= 4 is 23.2 Å². The van der Waals surface area contributed by atoms with Gasteiger partial charge in [0.1, 0.15) is 18.4 Å². The van der Waals surface area contributed by atoms with Crippen LogP contribution in [-0.2, 0) is 20.8 Å². The van der Waals surface area contributed by atoms with Gasteiger partial charge in [-0.15, -0.1) is 0 Å². The van der Waals surface area contributed by atoms with Crippen molar-refractivity contribution in [3.05, 3.63) is 30.0 Å².